The van der Waals surface area contributed by atoms with Gasteiger partial charge in [-0.2, -0.15) is 0 Å². The Kier molecular flexibility index (Phi) is 6.25. The van der Waals surface area contributed by atoms with Crippen LogP contribution in [0.1, 0.15) is 39.2 Å². The number of imide groups is 1. The zero-order valence-corrected chi connectivity index (χ0v) is 20.5. The number of nitrogens with zero attached hydrogens (tertiary/aromatic N) is 3. The molecule has 0 saturated carbocycles. The van der Waals surface area contributed by atoms with Crippen LogP contribution in [0.15, 0.2) is 71.1 Å². The van der Waals surface area contributed by atoms with E-state index in [4.69, 9.17) is 0 Å². The molecule has 1 aliphatic rings. The van der Waals surface area contributed by atoms with Crippen molar-refractivity contribution in [1.29, 1.82) is 0 Å². The molecular formula is C25H18N4O5S2. The van der Waals surface area contributed by atoms with Gasteiger partial charge in [-0.15, -0.1) is 11.3 Å². The molecule has 0 unspecified atom stereocenters. The first-order valence-corrected chi connectivity index (χ1v) is 12.7. The Hall–Kier alpha value is -4.09. The Bertz CT molecular complexity index is 1540. The number of thioether (sulfide) groups is 1. The minimum atomic E-state index is -0.732. The van der Waals surface area contributed by atoms with Crippen molar-refractivity contribution in [3.05, 3.63) is 93.5 Å². The van der Waals surface area contributed by atoms with Gasteiger partial charge in [-0.05, 0) is 36.8 Å². The van der Waals surface area contributed by atoms with Gasteiger partial charge in [-0.1, -0.05) is 48.2 Å². The van der Waals surface area contributed by atoms with E-state index in [1.54, 1.807) is 18.2 Å². The Labute approximate surface area is 213 Å². The number of carbonyl (C=O) groups excluding carboxylic acids is 3. The minimum absolute atomic E-state index is 0.00518. The maximum Gasteiger partial charge on any atom is 0.283 e. The zero-order valence-electron chi connectivity index (χ0n) is 18.8. The number of hydrogen-bond acceptors (Lipinski definition) is 8. The van der Waals surface area contributed by atoms with Crippen molar-refractivity contribution in [3.63, 3.8) is 0 Å². The van der Waals surface area contributed by atoms with E-state index in [0.717, 1.165) is 15.2 Å². The molecule has 1 atom stereocenters. The zero-order chi connectivity index (χ0) is 25.4. The molecule has 0 bridgehead atoms. The first kappa shape index (κ1) is 23.6. The van der Waals surface area contributed by atoms with Crippen molar-refractivity contribution in [3.8, 4) is 0 Å². The van der Waals surface area contributed by atoms with Crippen molar-refractivity contribution in [1.82, 2.24) is 10.3 Å². The molecule has 0 saturated heterocycles. The number of benzene rings is 3. The number of nitrogens with one attached hydrogen (secondary N) is 1. The van der Waals surface area contributed by atoms with E-state index in [2.05, 4.69) is 10.3 Å². The second kappa shape index (κ2) is 9.51. The molecular weight excluding hydrogens is 500 g/mol. The number of carbonyl (C=O) groups is 3. The lowest BCUT2D eigenvalue weighted by Crippen LogP contribution is -2.29. The number of rotatable bonds is 7. The monoisotopic (exact) mass is 518 g/mol. The summed E-state index contributed by atoms with van der Waals surface area (Å²) in [5, 5.41) is 14.3. The third kappa shape index (κ3) is 4.34. The average molecular weight is 519 g/mol. The number of anilines is 1. The van der Waals surface area contributed by atoms with E-state index < -0.39 is 22.4 Å². The molecule has 3 amide bonds. The molecule has 36 heavy (non-hydrogen) atoms. The lowest BCUT2D eigenvalue weighted by molar-refractivity contribution is -0.385. The van der Waals surface area contributed by atoms with Crippen molar-refractivity contribution in [2.24, 2.45) is 0 Å². The quantitative estimate of drug-likeness (QED) is 0.159. The van der Waals surface area contributed by atoms with Crippen LogP contribution < -0.4 is 10.2 Å². The lowest BCUT2D eigenvalue weighted by atomic mass is 10.1. The number of fused-ring (bicyclic) bond motifs is 2. The number of thiazole rings is 1. The largest absolute Gasteiger partial charge is 0.349 e. The van der Waals surface area contributed by atoms with Crippen LogP contribution in [0, 0.1) is 10.1 Å². The molecule has 1 N–H and O–H groups in total. The fraction of sp³-hybridized carbons (Fsp3) is 0.120. The molecule has 0 aliphatic carbocycles. The van der Waals surface area contributed by atoms with E-state index >= 15 is 0 Å². The molecule has 2 heterocycles. The summed E-state index contributed by atoms with van der Waals surface area (Å²) in [6, 6.07) is 18.5. The summed E-state index contributed by atoms with van der Waals surface area (Å²) in [5.74, 6) is -1.28. The maximum atomic E-state index is 13.0. The van der Waals surface area contributed by atoms with Gasteiger partial charge < -0.3 is 5.32 Å². The molecule has 9 nitrogen and oxygen atoms in total. The van der Waals surface area contributed by atoms with Gasteiger partial charge in [0.25, 0.3) is 17.5 Å². The van der Waals surface area contributed by atoms with Crippen LogP contribution in [-0.4, -0.2) is 33.4 Å². The summed E-state index contributed by atoms with van der Waals surface area (Å²) >= 11 is 2.63. The number of aromatic nitrogens is 1. The highest BCUT2D eigenvalue weighted by molar-refractivity contribution is 8.01. The molecule has 0 radical (unpaired) electrons. The van der Waals surface area contributed by atoms with E-state index in [-0.39, 0.29) is 28.8 Å². The van der Waals surface area contributed by atoms with Gasteiger partial charge in [0.1, 0.15) is 5.56 Å². The van der Waals surface area contributed by atoms with Crippen molar-refractivity contribution in [2.45, 2.75) is 17.3 Å². The number of nitro groups is 1. The first-order chi connectivity index (χ1) is 17.3. The van der Waals surface area contributed by atoms with Crippen molar-refractivity contribution < 1.29 is 19.3 Å². The number of amides is 3. The Morgan fingerprint density at radius 2 is 1.89 bits per heavy atom. The Morgan fingerprint density at radius 3 is 2.64 bits per heavy atom. The summed E-state index contributed by atoms with van der Waals surface area (Å²) in [6.45, 7) is 1.92. The SMILES string of the molecule is C[C@@H](NC(=O)CSc1nc2ccc(N3C(=O)c4cccc([N+](=O)[O-])c4C3=O)cc2s1)c1ccccc1. The van der Waals surface area contributed by atoms with E-state index in [0.29, 0.717) is 15.5 Å². The molecule has 180 valence electrons. The number of nitro benzene ring substituents is 1. The molecule has 11 heteroatoms. The van der Waals surface area contributed by atoms with Crippen molar-refractivity contribution >= 4 is 62.4 Å². The molecule has 0 fully saturated rings. The predicted molar refractivity (Wildman–Crippen MR) is 138 cm³/mol. The third-order valence-electron chi connectivity index (χ3n) is 5.70. The van der Waals surface area contributed by atoms with Crippen LogP contribution >= 0.6 is 23.1 Å². The number of hydrogen-bond donors (Lipinski definition) is 1. The first-order valence-electron chi connectivity index (χ1n) is 10.9. The summed E-state index contributed by atoms with van der Waals surface area (Å²) in [6.07, 6.45) is 0. The van der Waals surface area contributed by atoms with Crippen molar-refractivity contribution in [2.75, 3.05) is 10.7 Å². The maximum absolute atomic E-state index is 13.0. The standard InChI is InChI=1S/C25H18N4O5S2/c1-14(15-6-3-2-4-7-15)26-21(30)13-35-25-27-18-11-10-16(12-20(18)36-25)28-23(31)17-8-5-9-19(29(33)34)22(17)24(28)32/h2-12,14H,13H2,1H3,(H,26,30)/t14-/m1/s1. The van der Waals surface area contributed by atoms with Crippen LogP contribution in [-0.2, 0) is 4.79 Å². The second-order valence-electron chi connectivity index (χ2n) is 8.02. The normalized spacial score (nSPS) is 13.6. The summed E-state index contributed by atoms with van der Waals surface area (Å²) < 4.78 is 1.39. The van der Waals surface area contributed by atoms with E-state index in [1.165, 1.54) is 41.3 Å². The Balaban J connectivity index is 1.31. The smallest absolute Gasteiger partial charge is 0.283 e. The predicted octanol–water partition coefficient (Wildman–Crippen LogP) is 4.97. The molecule has 1 aromatic heterocycles. The topological polar surface area (TPSA) is 123 Å². The highest BCUT2D eigenvalue weighted by atomic mass is 32.2. The molecule has 1 aliphatic heterocycles. The van der Waals surface area contributed by atoms with Crippen LogP contribution in [0.4, 0.5) is 11.4 Å². The summed E-state index contributed by atoms with van der Waals surface area (Å²) in [7, 11) is 0. The van der Waals surface area contributed by atoms with Crippen LogP contribution in [0.3, 0.4) is 0 Å². The van der Waals surface area contributed by atoms with Crippen LogP contribution in [0.2, 0.25) is 0 Å². The fourth-order valence-electron chi connectivity index (χ4n) is 3.98. The fourth-order valence-corrected chi connectivity index (χ4v) is 5.90. The summed E-state index contributed by atoms with van der Waals surface area (Å²) in [4.78, 5) is 54.5. The van der Waals surface area contributed by atoms with Gasteiger partial charge in [-0.25, -0.2) is 9.88 Å². The Morgan fingerprint density at radius 1 is 1.11 bits per heavy atom. The average Bonchev–Trinajstić information content (AvgIpc) is 3.40. The van der Waals surface area contributed by atoms with E-state index in [9.17, 15) is 24.5 Å². The van der Waals surface area contributed by atoms with Crippen LogP contribution in [0.5, 0.6) is 0 Å². The third-order valence-corrected chi connectivity index (χ3v) is 7.87. The van der Waals surface area contributed by atoms with Crippen LogP contribution in [0.25, 0.3) is 10.2 Å². The minimum Gasteiger partial charge on any atom is -0.349 e. The van der Waals surface area contributed by atoms with Gasteiger partial charge >= 0.3 is 0 Å². The lowest BCUT2D eigenvalue weighted by Gasteiger charge is -2.13. The highest BCUT2D eigenvalue weighted by Gasteiger charge is 2.41. The second-order valence-corrected chi connectivity index (χ2v) is 10.3. The molecule has 3 aromatic carbocycles. The molecule has 0 spiro atoms. The molecule has 4 aromatic rings. The highest BCUT2D eigenvalue weighted by Crippen LogP contribution is 2.37. The molecule has 5 rings (SSSR count). The van der Waals surface area contributed by atoms with Gasteiger partial charge in [0.15, 0.2) is 4.34 Å². The van der Waals surface area contributed by atoms with Gasteiger partial charge in [0.05, 0.1) is 38.2 Å². The summed E-state index contributed by atoms with van der Waals surface area (Å²) in [5.41, 5.74) is 1.38. The van der Waals surface area contributed by atoms with Gasteiger partial charge in [0, 0.05) is 6.07 Å². The van der Waals surface area contributed by atoms with Gasteiger partial charge in [0.2, 0.25) is 5.91 Å². The van der Waals surface area contributed by atoms with E-state index in [1.807, 2.05) is 37.3 Å². The van der Waals surface area contributed by atoms with Gasteiger partial charge in [-0.3, -0.25) is 24.5 Å².